The molecule has 19 heavy (non-hydrogen) atoms. The topological polar surface area (TPSA) is 49.5 Å². The highest BCUT2D eigenvalue weighted by Gasteiger charge is 2.11. The molecule has 0 atom stereocenters. The molecular weight excluding hydrogens is 243 g/mol. The Morgan fingerprint density at radius 3 is 2.63 bits per heavy atom. The largest absolute Gasteiger partial charge is 0.508 e. The minimum Gasteiger partial charge on any atom is -0.508 e. The zero-order valence-electron chi connectivity index (χ0n) is 10.8. The predicted octanol–water partition coefficient (Wildman–Crippen LogP) is 3.14. The fourth-order valence-corrected chi connectivity index (χ4v) is 2.00. The van der Waals surface area contributed by atoms with Gasteiger partial charge in [0, 0.05) is 30.4 Å². The van der Waals surface area contributed by atoms with E-state index in [1.807, 2.05) is 17.9 Å². The van der Waals surface area contributed by atoms with Gasteiger partial charge in [0.2, 0.25) is 0 Å². The first-order chi connectivity index (χ1) is 9.11. The van der Waals surface area contributed by atoms with Crippen LogP contribution in [-0.2, 0) is 6.54 Å². The van der Waals surface area contributed by atoms with Crippen LogP contribution in [0.4, 0.5) is 15.8 Å². The fraction of sp³-hybridized carbons (Fsp3) is 0.200. The van der Waals surface area contributed by atoms with Gasteiger partial charge < -0.3 is 15.7 Å². The Morgan fingerprint density at radius 2 is 1.95 bits per heavy atom. The third-order valence-electron chi connectivity index (χ3n) is 3.05. The molecule has 2 aromatic carbocycles. The number of nitrogens with zero attached hydrogens (tertiary/aromatic N) is 1. The van der Waals surface area contributed by atoms with Gasteiger partial charge in [0.1, 0.15) is 5.75 Å². The van der Waals surface area contributed by atoms with Crippen molar-refractivity contribution in [3.63, 3.8) is 0 Å². The first-order valence-electron chi connectivity index (χ1n) is 6.18. The van der Waals surface area contributed by atoms with Crippen molar-refractivity contribution in [2.45, 2.75) is 13.5 Å². The molecule has 0 amide bonds. The summed E-state index contributed by atoms with van der Waals surface area (Å²) in [4.78, 5) is 1.97. The molecule has 0 unspecified atom stereocenters. The van der Waals surface area contributed by atoms with E-state index < -0.39 is 0 Å². The molecule has 0 aliphatic rings. The van der Waals surface area contributed by atoms with Crippen molar-refractivity contribution >= 4 is 11.4 Å². The van der Waals surface area contributed by atoms with Crippen molar-refractivity contribution < 1.29 is 9.50 Å². The Bertz CT molecular complexity index is 572. The lowest BCUT2D eigenvalue weighted by Gasteiger charge is -2.23. The average Bonchev–Trinajstić information content (AvgIpc) is 2.40. The summed E-state index contributed by atoms with van der Waals surface area (Å²) in [7, 11) is 0. The summed E-state index contributed by atoms with van der Waals surface area (Å²) in [6, 6.07) is 11.9. The molecule has 0 aliphatic heterocycles. The van der Waals surface area contributed by atoms with E-state index in [4.69, 9.17) is 5.73 Å². The van der Waals surface area contributed by atoms with Crippen molar-refractivity contribution in [2.24, 2.45) is 0 Å². The van der Waals surface area contributed by atoms with Gasteiger partial charge in [0.15, 0.2) is 5.82 Å². The number of benzene rings is 2. The summed E-state index contributed by atoms with van der Waals surface area (Å²) in [5.74, 6) is -0.176. The van der Waals surface area contributed by atoms with Gasteiger partial charge in [-0.25, -0.2) is 4.39 Å². The number of aromatic hydroxyl groups is 1. The predicted molar refractivity (Wildman–Crippen MR) is 75.6 cm³/mol. The number of hydrogen-bond donors (Lipinski definition) is 2. The SMILES string of the molecule is CCN(Cc1cccc(N)c1F)c1cccc(O)c1. The molecule has 0 bridgehead atoms. The Balaban J connectivity index is 2.26. The highest BCUT2D eigenvalue weighted by molar-refractivity contribution is 5.52. The summed E-state index contributed by atoms with van der Waals surface area (Å²) in [6.07, 6.45) is 0. The second-order valence-electron chi connectivity index (χ2n) is 4.35. The van der Waals surface area contributed by atoms with E-state index >= 15 is 0 Å². The lowest BCUT2D eigenvalue weighted by atomic mass is 10.1. The molecule has 2 rings (SSSR count). The number of phenolic OH excluding ortho intramolecular Hbond substituents is 1. The van der Waals surface area contributed by atoms with Crippen LogP contribution < -0.4 is 10.6 Å². The number of hydrogen-bond acceptors (Lipinski definition) is 3. The second-order valence-corrected chi connectivity index (χ2v) is 4.35. The second kappa shape index (κ2) is 5.61. The molecule has 0 saturated heterocycles. The van der Waals surface area contributed by atoms with E-state index in [1.165, 1.54) is 0 Å². The van der Waals surface area contributed by atoms with Crippen LogP contribution in [0.1, 0.15) is 12.5 Å². The molecule has 4 heteroatoms. The summed E-state index contributed by atoms with van der Waals surface area (Å²) in [5, 5.41) is 9.50. The molecule has 100 valence electrons. The zero-order chi connectivity index (χ0) is 13.8. The minimum atomic E-state index is -0.374. The zero-order valence-corrected chi connectivity index (χ0v) is 10.8. The van der Waals surface area contributed by atoms with Crippen molar-refractivity contribution in [2.75, 3.05) is 17.2 Å². The van der Waals surface area contributed by atoms with Gasteiger partial charge in [-0.3, -0.25) is 0 Å². The lowest BCUT2D eigenvalue weighted by molar-refractivity contribution is 0.475. The number of nitrogens with two attached hydrogens (primary N) is 1. The molecule has 0 saturated carbocycles. The highest BCUT2D eigenvalue weighted by atomic mass is 19.1. The number of phenols is 1. The maximum Gasteiger partial charge on any atom is 0.151 e. The first kappa shape index (κ1) is 13.2. The molecule has 0 radical (unpaired) electrons. The highest BCUT2D eigenvalue weighted by Crippen LogP contribution is 2.23. The third-order valence-corrected chi connectivity index (χ3v) is 3.05. The van der Waals surface area contributed by atoms with Gasteiger partial charge in [0.25, 0.3) is 0 Å². The van der Waals surface area contributed by atoms with Crippen molar-refractivity contribution in [3.05, 3.63) is 53.8 Å². The van der Waals surface area contributed by atoms with Crippen molar-refractivity contribution in [1.29, 1.82) is 0 Å². The molecule has 0 aromatic heterocycles. The van der Waals surface area contributed by atoms with Crippen LogP contribution in [0.25, 0.3) is 0 Å². The van der Waals surface area contributed by atoms with Crippen LogP contribution in [0, 0.1) is 5.82 Å². The van der Waals surface area contributed by atoms with Crippen molar-refractivity contribution in [3.8, 4) is 5.75 Å². The fourth-order valence-electron chi connectivity index (χ4n) is 2.00. The molecule has 0 spiro atoms. The number of nitrogen functional groups attached to an aromatic ring is 1. The molecule has 3 N–H and O–H groups in total. The third kappa shape index (κ3) is 2.96. The molecular formula is C15H17FN2O. The van der Waals surface area contributed by atoms with E-state index in [2.05, 4.69) is 0 Å². The van der Waals surface area contributed by atoms with Crippen LogP contribution in [0.5, 0.6) is 5.75 Å². The Morgan fingerprint density at radius 1 is 1.21 bits per heavy atom. The Hall–Kier alpha value is -2.23. The van der Waals surface area contributed by atoms with Gasteiger partial charge in [-0.1, -0.05) is 18.2 Å². The summed E-state index contributed by atoms with van der Waals surface area (Å²) >= 11 is 0. The standard InChI is InChI=1S/C15H17FN2O/c1-2-18(12-6-4-7-13(19)9-12)10-11-5-3-8-14(17)15(11)16/h3-9,19H,2,10,17H2,1H3. The number of halogens is 1. The van der Waals surface area contributed by atoms with Crippen LogP contribution in [0.2, 0.25) is 0 Å². The average molecular weight is 260 g/mol. The summed E-state index contributed by atoms with van der Waals surface area (Å²) in [6.45, 7) is 3.10. The van der Waals surface area contributed by atoms with E-state index in [0.29, 0.717) is 18.7 Å². The normalized spacial score (nSPS) is 10.4. The van der Waals surface area contributed by atoms with E-state index in [-0.39, 0.29) is 17.3 Å². The Kier molecular flexibility index (Phi) is 3.90. The first-order valence-corrected chi connectivity index (χ1v) is 6.18. The monoisotopic (exact) mass is 260 g/mol. The number of anilines is 2. The quantitative estimate of drug-likeness (QED) is 0.830. The number of rotatable bonds is 4. The molecule has 3 nitrogen and oxygen atoms in total. The van der Waals surface area contributed by atoms with Crippen LogP contribution in [0.15, 0.2) is 42.5 Å². The van der Waals surface area contributed by atoms with Crippen LogP contribution in [-0.4, -0.2) is 11.7 Å². The van der Waals surface area contributed by atoms with Gasteiger partial charge >= 0.3 is 0 Å². The maximum absolute atomic E-state index is 13.9. The van der Waals surface area contributed by atoms with Gasteiger partial charge in [0.05, 0.1) is 5.69 Å². The van der Waals surface area contributed by atoms with Gasteiger partial charge in [-0.15, -0.1) is 0 Å². The van der Waals surface area contributed by atoms with Crippen molar-refractivity contribution in [1.82, 2.24) is 0 Å². The molecule has 0 aliphatic carbocycles. The lowest BCUT2D eigenvalue weighted by Crippen LogP contribution is -2.22. The van der Waals surface area contributed by atoms with Crippen LogP contribution in [0.3, 0.4) is 0 Å². The van der Waals surface area contributed by atoms with E-state index in [1.54, 1.807) is 36.4 Å². The molecule has 0 fully saturated rings. The van der Waals surface area contributed by atoms with Gasteiger partial charge in [-0.2, -0.15) is 0 Å². The summed E-state index contributed by atoms with van der Waals surface area (Å²) in [5.41, 5.74) is 7.12. The van der Waals surface area contributed by atoms with E-state index in [0.717, 1.165) is 5.69 Å². The van der Waals surface area contributed by atoms with Crippen LogP contribution >= 0.6 is 0 Å². The van der Waals surface area contributed by atoms with Gasteiger partial charge in [-0.05, 0) is 25.1 Å². The minimum absolute atomic E-state index is 0.157. The Labute approximate surface area is 112 Å². The smallest absolute Gasteiger partial charge is 0.151 e. The maximum atomic E-state index is 13.9. The molecule has 0 heterocycles. The van der Waals surface area contributed by atoms with E-state index in [9.17, 15) is 9.50 Å². The summed E-state index contributed by atoms with van der Waals surface area (Å²) < 4.78 is 13.9. The molecule has 2 aromatic rings.